The van der Waals surface area contributed by atoms with E-state index >= 15 is 0 Å². The van der Waals surface area contributed by atoms with Crippen molar-refractivity contribution in [1.82, 2.24) is 15.1 Å². The Morgan fingerprint density at radius 2 is 1.92 bits per heavy atom. The minimum atomic E-state index is -1.01. The van der Waals surface area contributed by atoms with E-state index in [-0.39, 0.29) is 12.5 Å². The Kier molecular flexibility index (Phi) is 7.02. The molecule has 8 nitrogen and oxygen atoms in total. The molecule has 0 saturated heterocycles. The van der Waals surface area contributed by atoms with Crippen molar-refractivity contribution < 1.29 is 24.2 Å². The number of carbonyl (C=O) groups excluding carboxylic acids is 1. The van der Waals surface area contributed by atoms with Gasteiger partial charge in [-0.05, 0) is 38.0 Å². The van der Waals surface area contributed by atoms with Crippen LogP contribution in [-0.2, 0) is 17.8 Å². The lowest BCUT2D eigenvalue weighted by molar-refractivity contribution is -0.137. The van der Waals surface area contributed by atoms with E-state index in [2.05, 4.69) is 10.4 Å². The van der Waals surface area contributed by atoms with Gasteiger partial charge in [0.1, 0.15) is 6.54 Å². The molecule has 0 fully saturated rings. The molecule has 0 saturated carbocycles. The van der Waals surface area contributed by atoms with Gasteiger partial charge >= 0.3 is 5.97 Å². The highest BCUT2D eigenvalue weighted by atomic mass is 16.5. The molecule has 26 heavy (non-hydrogen) atoms. The summed E-state index contributed by atoms with van der Waals surface area (Å²) in [5.41, 5.74) is 1.34. The highest BCUT2D eigenvalue weighted by molar-refractivity contribution is 5.93. The molecule has 2 rings (SSSR count). The fraction of sp³-hybridized carbons (Fsp3) is 0.389. The van der Waals surface area contributed by atoms with Crippen molar-refractivity contribution in [3.05, 3.63) is 41.7 Å². The van der Waals surface area contributed by atoms with Crippen molar-refractivity contribution in [2.45, 2.75) is 26.8 Å². The van der Waals surface area contributed by atoms with E-state index < -0.39 is 5.97 Å². The number of amides is 1. The maximum Gasteiger partial charge on any atom is 0.325 e. The van der Waals surface area contributed by atoms with Crippen molar-refractivity contribution in [2.75, 3.05) is 19.8 Å². The van der Waals surface area contributed by atoms with E-state index in [0.717, 1.165) is 5.56 Å². The van der Waals surface area contributed by atoms with Gasteiger partial charge in [0.2, 0.25) is 0 Å². The molecule has 2 aromatic rings. The number of carboxylic acids is 1. The molecule has 0 spiro atoms. The standard InChI is InChI=1S/C18H23N3O5/c1-3-25-15-6-5-13(9-16(15)26-4-2)7-8-19-18(24)14-10-20-21(11-14)12-17(22)23/h5-6,9-11H,3-4,7-8,12H2,1-2H3,(H,19,24)(H,22,23). The number of rotatable bonds is 10. The molecule has 0 unspecified atom stereocenters. The summed E-state index contributed by atoms with van der Waals surface area (Å²) in [5, 5.41) is 15.4. The van der Waals surface area contributed by atoms with Gasteiger partial charge in [-0.1, -0.05) is 6.07 Å². The Labute approximate surface area is 151 Å². The number of nitrogens with zero attached hydrogens (tertiary/aromatic N) is 2. The predicted octanol–water partition coefficient (Wildman–Crippen LogP) is 1.74. The molecule has 0 aliphatic carbocycles. The molecule has 1 amide bonds. The number of ether oxygens (including phenoxy) is 2. The van der Waals surface area contributed by atoms with Crippen LogP contribution in [0.15, 0.2) is 30.6 Å². The predicted molar refractivity (Wildman–Crippen MR) is 94.7 cm³/mol. The number of aromatic nitrogens is 2. The van der Waals surface area contributed by atoms with E-state index in [0.29, 0.717) is 43.2 Å². The minimum Gasteiger partial charge on any atom is -0.490 e. The first-order valence-electron chi connectivity index (χ1n) is 8.44. The average Bonchev–Trinajstić information content (AvgIpc) is 3.05. The van der Waals surface area contributed by atoms with Gasteiger partial charge in [-0.3, -0.25) is 14.3 Å². The second-order valence-electron chi connectivity index (χ2n) is 5.47. The van der Waals surface area contributed by atoms with Crippen LogP contribution in [0, 0.1) is 0 Å². The molecule has 1 aromatic heterocycles. The quantitative estimate of drug-likeness (QED) is 0.668. The van der Waals surface area contributed by atoms with Gasteiger partial charge in [0.15, 0.2) is 11.5 Å². The number of nitrogens with one attached hydrogen (secondary N) is 1. The van der Waals surface area contributed by atoms with Crippen molar-refractivity contribution in [2.24, 2.45) is 0 Å². The summed E-state index contributed by atoms with van der Waals surface area (Å²) in [6.07, 6.45) is 3.39. The molecule has 2 N–H and O–H groups in total. The van der Waals surface area contributed by atoms with Gasteiger partial charge in [0, 0.05) is 12.7 Å². The highest BCUT2D eigenvalue weighted by Crippen LogP contribution is 2.28. The first-order chi connectivity index (χ1) is 12.5. The van der Waals surface area contributed by atoms with E-state index in [9.17, 15) is 9.59 Å². The molecule has 0 aliphatic heterocycles. The van der Waals surface area contributed by atoms with Gasteiger partial charge in [-0.25, -0.2) is 0 Å². The molecule has 0 bridgehead atoms. The number of hydrogen-bond donors (Lipinski definition) is 2. The number of benzene rings is 1. The average molecular weight is 361 g/mol. The summed E-state index contributed by atoms with van der Waals surface area (Å²) >= 11 is 0. The molecule has 0 aliphatic rings. The van der Waals surface area contributed by atoms with Crippen molar-refractivity contribution in [3.8, 4) is 11.5 Å². The Balaban J connectivity index is 1.90. The zero-order valence-corrected chi connectivity index (χ0v) is 14.9. The lowest BCUT2D eigenvalue weighted by atomic mass is 10.1. The van der Waals surface area contributed by atoms with E-state index in [1.54, 1.807) is 0 Å². The summed E-state index contributed by atoms with van der Waals surface area (Å²) < 4.78 is 12.3. The van der Waals surface area contributed by atoms with Crippen LogP contribution >= 0.6 is 0 Å². The topological polar surface area (TPSA) is 103 Å². The fourth-order valence-electron chi connectivity index (χ4n) is 2.38. The fourth-order valence-corrected chi connectivity index (χ4v) is 2.38. The number of carboxylic acid groups (broad SMARTS) is 1. The molecule has 140 valence electrons. The normalized spacial score (nSPS) is 10.4. The van der Waals surface area contributed by atoms with Gasteiger partial charge in [0.05, 0.1) is 25.0 Å². The Morgan fingerprint density at radius 3 is 2.62 bits per heavy atom. The van der Waals surface area contributed by atoms with Crippen LogP contribution in [0.25, 0.3) is 0 Å². The van der Waals surface area contributed by atoms with Crippen LogP contribution in [0.1, 0.15) is 29.8 Å². The summed E-state index contributed by atoms with van der Waals surface area (Å²) in [6.45, 7) is 5.08. The Morgan fingerprint density at radius 1 is 1.19 bits per heavy atom. The van der Waals surface area contributed by atoms with Gasteiger partial charge in [-0.2, -0.15) is 5.10 Å². The third kappa shape index (κ3) is 5.51. The summed E-state index contributed by atoms with van der Waals surface area (Å²) in [6, 6.07) is 5.71. The lowest BCUT2D eigenvalue weighted by Crippen LogP contribution is -2.25. The highest BCUT2D eigenvalue weighted by Gasteiger charge is 2.10. The Bertz CT molecular complexity index is 757. The maximum absolute atomic E-state index is 12.1. The molecular weight excluding hydrogens is 338 g/mol. The number of carbonyl (C=O) groups is 2. The summed E-state index contributed by atoms with van der Waals surface area (Å²) in [4.78, 5) is 22.7. The monoisotopic (exact) mass is 361 g/mol. The zero-order chi connectivity index (χ0) is 18.9. The Hall–Kier alpha value is -3.03. The lowest BCUT2D eigenvalue weighted by Gasteiger charge is -2.12. The largest absolute Gasteiger partial charge is 0.490 e. The van der Waals surface area contributed by atoms with Crippen LogP contribution in [0.2, 0.25) is 0 Å². The van der Waals surface area contributed by atoms with E-state index in [4.69, 9.17) is 14.6 Å². The van der Waals surface area contributed by atoms with Gasteiger partial charge in [-0.15, -0.1) is 0 Å². The SMILES string of the molecule is CCOc1ccc(CCNC(=O)c2cnn(CC(=O)O)c2)cc1OCC. The number of hydrogen-bond acceptors (Lipinski definition) is 5. The van der Waals surface area contributed by atoms with Crippen molar-refractivity contribution >= 4 is 11.9 Å². The van der Waals surface area contributed by atoms with E-state index in [1.165, 1.54) is 17.1 Å². The van der Waals surface area contributed by atoms with Crippen LogP contribution in [0.5, 0.6) is 11.5 Å². The van der Waals surface area contributed by atoms with Crippen LogP contribution in [0.3, 0.4) is 0 Å². The van der Waals surface area contributed by atoms with Crippen molar-refractivity contribution in [3.63, 3.8) is 0 Å². The molecular formula is C18H23N3O5. The van der Waals surface area contributed by atoms with Crippen molar-refractivity contribution in [1.29, 1.82) is 0 Å². The maximum atomic E-state index is 12.1. The van der Waals surface area contributed by atoms with Crippen LogP contribution < -0.4 is 14.8 Å². The molecule has 1 aromatic carbocycles. The smallest absolute Gasteiger partial charge is 0.325 e. The molecule has 0 radical (unpaired) electrons. The van der Waals surface area contributed by atoms with Crippen LogP contribution in [-0.4, -0.2) is 46.5 Å². The first-order valence-corrected chi connectivity index (χ1v) is 8.44. The minimum absolute atomic E-state index is 0.278. The molecule has 8 heteroatoms. The van der Waals surface area contributed by atoms with E-state index in [1.807, 2.05) is 32.0 Å². The van der Waals surface area contributed by atoms with Gasteiger partial charge in [0.25, 0.3) is 5.91 Å². The zero-order valence-electron chi connectivity index (χ0n) is 14.9. The summed E-state index contributed by atoms with van der Waals surface area (Å²) in [5.74, 6) is 0.0828. The third-order valence-corrected chi connectivity index (χ3v) is 3.50. The number of aliphatic carboxylic acids is 1. The third-order valence-electron chi connectivity index (χ3n) is 3.50. The first kappa shape index (κ1) is 19.3. The molecule has 0 atom stereocenters. The van der Waals surface area contributed by atoms with Gasteiger partial charge < -0.3 is 19.9 Å². The summed E-state index contributed by atoms with van der Waals surface area (Å²) in [7, 11) is 0. The van der Waals surface area contributed by atoms with Crippen LogP contribution in [0.4, 0.5) is 0 Å². The molecule has 1 heterocycles. The second-order valence-corrected chi connectivity index (χ2v) is 5.47. The second kappa shape index (κ2) is 9.45.